The molecule has 1 aliphatic carbocycles. The number of halogens is 1. The van der Waals surface area contributed by atoms with Gasteiger partial charge in [-0.2, -0.15) is 4.31 Å². The molecule has 2 fully saturated rings. The van der Waals surface area contributed by atoms with E-state index in [-0.39, 0.29) is 23.9 Å². The topological polar surface area (TPSA) is 117 Å². The highest BCUT2D eigenvalue weighted by Gasteiger charge is 2.37. The summed E-state index contributed by atoms with van der Waals surface area (Å²) >= 11 is 0. The molecular weight excluding hydrogens is 547 g/mol. The Labute approximate surface area is 242 Å². The maximum absolute atomic E-state index is 14.0. The Balaban J connectivity index is 1.55. The summed E-state index contributed by atoms with van der Waals surface area (Å²) in [4.78, 5) is 26.4. The van der Waals surface area contributed by atoms with Crippen molar-refractivity contribution >= 4 is 22.0 Å². The summed E-state index contributed by atoms with van der Waals surface area (Å²) in [6.07, 6.45) is 4.66. The number of carbonyl (C=O) groups excluding carboxylic acids is 2. The summed E-state index contributed by atoms with van der Waals surface area (Å²) in [5.74, 6) is -1.15. The Morgan fingerprint density at radius 2 is 1.73 bits per heavy atom. The van der Waals surface area contributed by atoms with Crippen molar-refractivity contribution in [3.8, 4) is 0 Å². The molecule has 224 valence electrons. The number of nitrogens with one attached hydrogen (secondary N) is 3. The molecule has 3 unspecified atom stereocenters. The summed E-state index contributed by atoms with van der Waals surface area (Å²) in [6, 6.07) is 12.4. The molecule has 41 heavy (non-hydrogen) atoms. The van der Waals surface area contributed by atoms with E-state index in [0.717, 1.165) is 36.8 Å². The number of rotatable bonds is 10. The average molecular weight is 589 g/mol. The zero-order valence-electron chi connectivity index (χ0n) is 23.9. The number of benzene rings is 2. The highest BCUT2D eigenvalue weighted by atomic mass is 32.2. The molecule has 0 radical (unpaired) electrons. The zero-order chi connectivity index (χ0) is 29.6. The highest BCUT2D eigenvalue weighted by molar-refractivity contribution is 7.88. The van der Waals surface area contributed by atoms with Gasteiger partial charge in [-0.1, -0.05) is 48.4 Å². The first-order valence-corrected chi connectivity index (χ1v) is 16.1. The molecule has 5 atom stereocenters. The van der Waals surface area contributed by atoms with Crippen molar-refractivity contribution in [2.75, 3.05) is 33.0 Å². The highest BCUT2D eigenvalue weighted by Crippen LogP contribution is 2.33. The Kier molecular flexibility index (Phi) is 10.4. The number of nitrogens with zero attached hydrogens (tertiary/aromatic N) is 1. The fourth-order valence-corrected chi connectivity index (χ4v) is 7.33. The minimum Gasteiger partial charge on any atom is -0.453 e. The Morgan fingerprint density at radius 1 is 1.07 bits per heavy atom. The maximum Gasteiger partial charge on any atom is 0.407 e. The third-order valence-electron chi connectivity index (χ3n) is 8.32. The number of ether oxygens (including phenoxy) is 1. The lowest BCUT2D eigenvalue weighted by Crippen LogP contribution is -2.54. The zero-order valence-corrected chi connectivity index (χ0v) is 24.8. The average Bonchev–Trinajstić information content (AvgIpc) is 3.39. The van der Waals surface area contributed by atoms with Crippen LogP contribution in [0, 0.1) is 18.7 Å². The van der Waals surface area contributed by atoms with Crippen molar-refractivity contribution in [2.24, 2.45) is 5.92 Å². The molecule has 2 amide bonds. The molecule has 2 aromatic rings. The fraction of sp³-hybridized carbons (Fsp3) is 0.533. The van der Waals surface area contributed by atoms with Crippen LogP contribution in [0.25, 0.3) is 0 Å². The standard InChI is InChI=1S/C30H41FN4O5S/c1-20-7-9-22(10-8-20)27(23-11-14-24(31)15-12-23)28(34-30(37)40-2)29(36)33-26-6-4-5-21(26)13-16-25-19-32-17-18-35(25)41(3,38)39/h7-12,14-15,21,25-28,32H,4-6,13,16-19H2,1-3H3,(H,33,36)(H,34,37)/t21?,25-,26?,27?,28-/m0/s1. The number of methoxy groups -OCH3 is 1. The number of hydrogen-bond donors (Lipinski definition) is 3. The van der Waals surface area contributed by atoms with Gasteiger partial charge >= 0.3 is 6.09 Å². The van der Waals surface area contributed by atoms with Crippen molar-refractivity contribution in [3.63, 3.8) is 0 Å². The largest absolute Gasteiger partial charge is 0.453 e. The lowest BCUT2D eigenvalue weighted by Gasteiger charge is -2.35. The number of amides is 2. The van der Waals surface area contributed by atoms with E-state index >= 15 is 0 Å². The number of alkyl carbamates (subject to hydrolysis) is 1. The second-order valence-corrected chi connectivity index (χ2v) is 13.1. The van der Waals surface area contributed by atoms with E-state index in [1.54, 1.807) is 16.4 Å². The molecule has 3 N–H and O–H groups in total. The smallest absolute Gasteiger partial charge is 0.407 e. The predicted molar refractivity (Wildman–Crippen MR) is 155 cm³/mol. The van der Waals surface area contributed by atoms with Crippen LogP contribution < -0.4 is 16.0 Å². The van der Waals surface area contributed by atoms with E-state index in [2.05, 4.69) is 16.0 Å². The van der Waals surface area contributed by atoms with E-state index in [1.165, 1.54) is 25.5 Å². The fourth-order valence-electron chi connectivity index (χ4n) is 6.18. The molecule has 2 aliphatic rings. The van der Waals surface area contributed by atoms with E-state index in [9.17, 15) is 22.4 Å². The van der Waals surface area contributed by atoms with Gasteiger partial charge in [0.25, 0.3) is 0 Å². The molecule has 1 heterocycles. The predicted octanol–water partition coefficient (Wildman–Crippen LogP) is 3.29. The van der Waals surface area contributed by atoms with Crippen LogP contribution in [-0.4, -0.2) is 75.8 Å². The number of aryl methyl sites for hydroxylation is 1. The van der Waals surface area contributed by atoms with Gasteiger partial charge in [-0.15, -0.1) is 0 Å². The van der Waals surface area contributed by atoms with Crippen molar-refractivity contribution in [3.05, 3.63) is 71.0 Å². The summed E-state index contributed by atoms with van der Waals surface area (Å²) in [7, 11) is -2.05. The molecule has 0 spiro atoms. The lowest BCUT2D eigenvalue weighted by molar-refractivity contribution is -0.124. The molecule has 1 saturated heterocycles. The molecule has 1 aliphatic heterocycles. The summed E-state index contributed by atoms with van der Waals surface area (Å²) in [6.45, 7) is 3.67. The molecule has 2 aromatic carbocycles. The molecule has 0 aromatic heterocycles. The van der Waals surface area contributed by atoms with Gasteiger partial charge in [0, 0.05) is 37.6 Å². The van der Waals surface area contributed by atoms with E-state index in [1.807, 2.05) is 31.2 Å². The Morgan fingerprint density at radius 3 is 2.37 bits per heavy atom. The minimum absolute atomic E-state index is 0.112. The minimum atomic E-state index is -3.30. The van der Waals surface area contributed by atoms with Crippen LogP contribution >= 0.6 is 0 Å². The van der Waals surface area contributed by atoms with Gasteiger partial charge in [-0.25, -0.2) is 17.6 Å². The Bertz CT molecular complexity index is 1240. The van der Waals surface area contributed by atoms with E-state index in [4.69, 9.17) is 4.74 Å². The van der Waals surface area contributed by atoms with Gasteiger partial charge in [0.1, 0.15) is 11.9 Å². The molecule has 4 rings (SSSR count). The summed E-state index contributed by atoms with van der Waals surface area (Å²) in [5, 5.41) is 9.23. The van der Waals surface area contributed by atoms with E-state index < -0.39 is 33.9 Å². The number of sulfonamides is 1. The summed E-state index contributed by atoms with van der Waals surface area (Å²) < 4.78 is 44.9. The van der Waals surface area contributed by atoms with Crippen LogP contribution in [0.4, 0.5) is 9.18 Å². The third-order valence-corrected chi connectivity index (χ3v) is 9.65. The number of carbonyl (C=O) groups is 2. The van der Waals surface area contributed by atoms with Gasteiger partial charge in [-0.3, -0.25) is 4.79 Å². The SMILES string of the molecule is COC(=O)N[C@H](C(=O)NC1CCCC1CC[C@H]1CNCCN1S(C)(=O)=O)C(c1ccc(C)cc1)c1ccc(F)cc1. The monoisotopic (exact) mass is 588 g/mol. The van der Waals surface area contributed by atoms with Crippen LogP contribution in [0.1, 0.15) is 54.7 Å². The van der Waals surface area contributed by atoms with E-state index in [0.29, 0.717) is 31.6 Å². The first kappa shape index (κ1) is 30.9. The number of piperazine rings is 1. The number of hydrogen-bond acceptors (Lipinski definition) is 6. The van der Waals surface area contributed by atoms with Crippen molar-refractivity contribution in [2.45, 2.75) is 63.1 Å². The van der Waals surface area contributed by atoms with Gasteiger partial charge in [0.15, 0.2) is 0 Å². The van der Waals surface area contributed by atoms with Crippen LogP contribution in [0.3, 0.4) is 0 Å². The first-order chi connectivity index (χ1) is 19.6. The van der Waals surface area contributed by atoms with Crippen LogP contribution in [0.15, 0.2) is 48.5 Å². The molecule has 0 bridgehead atoms. The van der Waals surface area contributed by atoms with Crippen LogP contribution in [0.5, 0.6) is 0 Å². The Hall–Kier alpha value is -3.02. The van der Waals surface area contributed by atoms with Crippen LogP contribution in [0.2, 0.25) is 0 Å². The maximum atomic E-state index is 14.0. The molecule has 11 heteroatoms. The van der Waals surface area contributed by atoms with Gasteiger partial charge < -0.3 is 20.7 Å². The quantitative estimate of drug-likeness (QED) is 0.392. The molecular formula is C30H41FN4O5S. The second-order valence-electron chi connectivity index (χ2n) is 11.2. The molecule has 9 nitrogen and oxygen atoms in total. The second kappa shape index (κ2) is 13.8. The van der Waals surface area contributed by atoms with Gasteiger partial charge in [0.05, 0.1) is 13.4 Å². The van der Waals surface area contributed by atoms with Crippen LogP contribution in [-0.2, 0) is 19.6 Å². The van der Waals surface area contributed by atoms with Crippen molar-refractivity contribution < 1.29 is 27.1 Å². The first-order valence-electron chi connectivity index (χ1n) is 14.2. The van der Waals surface area contributed by atoms with Gasteiger partial charge in [0.2, 0.25) is 15.9 Å². The normalized spacial score (nSPS) is 23.0. The van der Waals surface area contributed by atoms with Crippen molar-refractivity contribution in [1.29, 1.82) is 0 Å². The summed E-state index contributed by atoms with van der Waals surface area (Å²) in [5.41, 5.74) is 2.53. The third kappa shape index (κ3) is 8.05. The lowest BCUT2D eigenvalue weighted by atomic mass is 9.84. The van der Waals surface area contributed by atoms with Gasteiger partial charge in [-0.05, 0) is 61.8 Å². The van der Waals surface area contributed by atoms with Crippen molar-refractivity contribution in [1.82, 2.24) is 20.3 Å². The molecule has 1 saturated carbocycles.